The number of nitrogens with one attached hydrogen (secondary N) is 1. The minimum Gasteiger partial charge on any atom is -0.337 e. The van der Waals surface area contributed by atoms with Crippen molar-refractivity contribution in [3.05, 3.63) is 35.4 Å². The van der Waals surface area contributed by atoms with Crippen LogP contribution in [0.4, 0.5) is 8.78 Å². The number of likely N-dealkylation sites (N-methyl/N-ethyl adjacent to an activating group) is 1. The second kappa shape index (κ2) is 6.82. The number of halogens is 3. The summed E-state index contributed by atoms with van der Waals surface area (Å²) in [7, 11) is 1.70. The Morgan fingerprint density at radius 3 is 2.68 bits per heavy atom. The van der Waals surface area contributed by atoms with Crippen LogP contribution in [0.1, 0.15) is 23.2 Å². The molecule has 0 radical (unpaired) electrons. The smallest absolute Gasteiger partial charge is 0.253 e. The third kappa shape index (κ3) is 3.64. The van der Waals surface area contributed by atoms with Gasteiger partial charge in [0, 0.05) is 25.2 Å². The summed E-state index contributed by atoms with van der Waals surface area (Å²) < 4.78 is 25.9. The minimum atomic E-state index is -0.990. The van der Waals surface area contributed by atoms with Crippen molar-refractivity contribution in [1.82, 2.24) is 10.2 Å². The van der Waals surface area contributed by atoms with Crippen molar-refractivity contribution in [2.45, 2.75) is 18.9 Å². The second-order valence-electron chi connectivity index (χ2n) is 4.55. The van der Waals surface area contributed by atoms with E-state index in [9.17, 15) is 13.6 Å². The van der Waals surface area contributed by atoms with Crippen LogP contribution in [0.5, 0.6) is 0 Å². The van der Waals surface area contributed by atoms with Crippen molar-refractivity contribution in [2.24, 2.45) is 0 Å². The summed E-state index contributed by atoms with van der Waals surface area (Å²) in [5.41, 5.74) is 0.182. The van der Waals surface area contributed by atoms with Crippen LogP contribution in [0.25, 0.3) is 0 Å². The van der Waals surface area contributed by atoms with E-state index in [-0.39, 0.29) is 29.9 Å². The third-order valence-electron chi connectivity index (χ3n) is 3.31. The average molecular weight is 291 g/mol. The highest BCUT2D eigenvalue weighted by Crippen LogP contribution is 2.14. The fourth-order valence-corrected chi connectivity index (χ4v) is 2.16. The van der Waals surface area contributed by atoms with E-state index in [0.717, 1.165) is 38.1 Å². The van der Waals surface area contributed by atoms with Crippen LogP contribution in [0.2, 0.25) is 0 Å². The first-order chi connectivity index (χ1) is 8.59. The van der Waals surface area contributed by atoms with E-state index < -0.39 is 11.6 Å². The summed E-state index contributed by atoms with van der Waals surface area (Å²) in [6.45, 7) is 1.70. The SMILES string of the molecule is CN(C(=O)c1ccc(F)c(F)c1)[C@H]1CCCNC1.Cl. The van der Waals surface area contributed by atoms with Gasteiger partial charge in [-0.25, -0.2) is 8.78 Å². The van der Waals surface area contributed by atoms with Crippen molar-refractivity contribution in [2.75, 3.05) is 20.1 Å². The van der Waals surface area contributed by atoms with Crippen LogP contribution >= 0.6 is 12.4 Å². The Balaban J connectivity index is 0.00000180. The van der Waals surface area contributed by atoms with Gasteiger partial charge in [-0.3, -0.25) is 4.79 Å². The van der Waals surface area contributed by atoms with Crippen LogP contribution in [-0.2, 0) is 0 Å². The highest BCUT2D eigenvalue weighted by molar-refractivity contribution is 5.94. The molecule has 3 nitrogen and oxygen atoms in total. The van der Waals surface area contributed by atoms with Gasteiger partial charge in [-0.2, -0.15) is 0 Å². The molecule has 1 fully saturated rings. The lowest BCUT2D eigenvalue weighted by molar-refractivity contribution is 0.0707. The average Bonchev–Trinajstić information content (AvgIpc) is 2.41. The number of amides is 1. The maximum Gasteiger partial charge on any atom is 0.253 e. The van der Waals surface area contributed by atoms with E-state index in [0.29, 0.717) is 0 Å². The molecule has 106 valence electrons. The lowest BCUT2D eigenvalue weighted by Gasteiger charge is -2.31. The molecule has 1 saturated heterocycles. The van der Waals surface area contributed by atoms with Gasteiger partial charge in [-0.15, -0.1) is 12.4 Å². The van der Waals surface area contributed by atoms with Gasteiger partial charge in [-0.05, 0) is 37.6 Å². The van der Waals surface area contributed by atoms with E-state index in [2.05, 4.69) is 5.32 Å². The number of hydrogen-bond donors (Lipinski definition) is 1. The van der Waals surface area contributed by atoms with Crippen LogP contribution in [-0.4, -0.2) is 37.0 Å². The lowest BCUT2D eigenvalue weighted by Crippen LogP contribution is -2.46. The molecule has 0 bridgehead atoms. The van der Waals surface area contributed by atoms with Gasteiger partial charge in [-0.1, -0.05) is 0 Å². The maximum absolute atomic E-state index is 13.1. The van der Waals surface area contributed by atoms with E-state index in [4.69, 9.17) is 0 Å². The topological polar surface area (TPSA) is 32.3 Å². The Labute approximate surface area is 117 Å². The van der Waals surface area contributed by atoms with Gasteiger partial charge in [0.1, 0.15) is 0 Å². The Morgan fingerprint density at radius 2 is 2.11 bits per heavy atom. The molecular formula is C13H17ClF2N2O. The van der Waals surface area contributed by atoms with Gasteiger partial charge in [0.05, 0.1) is 0 Å². The maximum atomic E-state index is 13.1. The number of carbonyl (C=O) groups excluding carboxylic acids is 1. The summed E-state index contributed by atoms with van der Waals surface area (Å²) in [5.74, 6) is -2.20. The first kappa shape index (κ1) is 15.9. The Bertz CT molecular complexity index is 450. The first-order valence-corrected chi connectivity index (χ1v) is 6.02. The molecule has 1 aliphatic rings. The summed E-state index contributed by atoms with van der Waals surface area (Å²) in [4.78, 5) is 13.7. The number of carbonyl (C=O) groups is 1. The summed E-state index contributed by atoms with van der Waals surface area (Å²) in [6, 6.07) is 3.35. The molecule has 1 aromatic rings. The van der Waals surface area contributed by atoms with E-state index in [1.165, 1.54) is 6.07 Å². The van der Waals surface area contributed by atoms with Crippen LogP contribution in [0, 0.1) is 11.6 Å². The summed E-state index contributed by atoms with van der Waals surface area (Å²) >= 11 is 0. The molecule has 0 aromatic heterocycles. The first-order valence-electron chi connectivity index (χ1n) is 6.02. The minimum absolute atomic E-state index is 0. The van der Waals surface area contributed by atoms with Gasteiger partial charge >= 0.3 is 0 Å². The van der Waals surface area contributed by atoms with Crippen molar-refractivity contribution in [3.63, 3.8) is 0 Å². The summed E-state index contributed by atoms with van der Waals surface area (Å²) in [6.07, 6.45) is 1.94. The van der Waals surface area contributed by atoms with E-state index >= 15 is 0 Å². The zero-order valence-corrected chi connectivity index (χ0v) is 11.5. The molecule has 19 heavy (non-hydrogen) atoms. The molecule has 1 heterocycles. The van der Waals surface area contributed by atoms with E-state index in [1.807, 2.05) is 0 Å². The molecule has 1 N–H and O–H groups in total. The van der Waals surface area contributed by atoms with Crippen LogP contribution < -0.4 is 5.32 Å². The Kier molecular flexibility index (Phi) is 5.69. The highest BCUT2D eigenvalue weighted by Gasteiger charge is 2.23. The Morgan fingerprint density at radius 1 is 1.37 bits per heavy atom. The van der Waals surface area contributed by atoms with Gasteiger partial charge in [0.25, 0.3) is 5.91 Å². The fraction of sp³-hybridized carbons (Fsp3) is 0.462. The molecule has 0 unspecified atom stereocenters. The molecule has 2 rings (SSSR count). The molecular weight excluding hydrogens is 274 g/mol. The highest BCUT2D eigenvalue weighted by atomic mass is 35.5. The predicted molar refractivity (Wildman–Crippen MR) is 71.6 cm³/mol. The van der Waals surface area contributed by atoms with Gasteiger partial charge in [0.2, 0.25) is 0 Å². The number of hydrogen-bond acceptors (Lipinski definition) is 2. The Hall–Kier alpha value is -1.20. The lowest BCUT2D eigenvalue weighted by atomic mass is 10.1. The third-order valence-corrected chi connectivity index (χ3v) is 3.31. The normalized spacial score (nSPS) is 18.6. The molecule has 1 aromatic carbocycles. The predicted octanol–water partition coefficient (Wildman–Crippen LogP) is 2.21. The molecule has 1 aliphatic heterocycles. The van der Waals surface area contributed by atoms with Crippen LogP contribution in [0.3, 0.4) is 0 Å². The molecule has 1 amide bonds. The fourth-order valence-electron chi connectivity index (χ4n) is 2.16. The van der Waals surface area contributed by atoms with Crippen molar-refractivity contribution < 1.29 is 13.6 Å². The largest absolute Gasteiger partial charge is 0.337 e. The number of piperidine rings is 1. The molecule has 0 spiro atoms. The second-order valence-corrected chi connectivity index (χ2v) is 4.55. The number of rotatable bonds is 2. The van der Waals surface area contributed by atoms with E-state index in [1.54, 1.807) is 11.9 Å². The van der Waals surface area contributed by atoms with Crippen molar-refractivity contribution >= 4 is 18.3 Å². The van der Waals surface area contributed by atoms with Crippen molar-refractivity contribution in [3.8, 4) is 0 Å². The summed E-state index contributed by atoms with van der Waals surface area (Å²) in [5, 5.41) is 3.21. The molecule has 0 saturated carbocycles. The number of benzene rings is 1. The zero-order valence-electron chi connectivity index (χ0n) is 10.7. The quantitative estimate of drug-likeness (QED) is 0.906. The molecule has 1 atom stereocenters. The van der Waals surface area contributed by atoms with Crippen molar-refractivity contribution in [1.29, 1.82) is 0 Å². The van der Waals surface area contributed by atoms with Crippen LogP contribution in [0.15, 0.2) is 18.2 Å². The number of nitrogens with zero attached hydrogens (tertiary/aromatic N) is 1. The molecule has 6 heteroatoms. The molecule has 0 aliphatic carbocycles. The van der Waals surface area contributed by atoms with Gasteiger partial charge in [0.15, 0.2) is 11.6 Å². The van der Waals surface area contributed by atoms with Gasteiger partial charge < -0.3 is 10.2 Å². The zero-order chi connectivity index (χ0) is 13.1. The standard InChI is InChI=1S/C13H16F2N2O.ClH/c1-17(10-3-2-6-16-8-10)13(18)9-4-5-11(14)12(15)7-9;/h4-5,7,10,16H,2-3,6,8H2,1H3;1H/t10-;/m0./s1. The monoisotopic (exact) mass is 290 g/mol.